The zero-order valence-corrected chi connectivity index (χ0v) is 12.3. The lowest BCUT2D eigenvalue weighted by Gasteiger charge is -2.53. The van der Waals surface area contributed by atoms with E-state index in [1.807, 2.05) is 0 Å². The molecule has 17 heavy (non-hydrogen) atoms. The summed E-state index contributed by atoms with van der Waals surface area (Å²) in [7, 11) is 2.23. The van der Waals surface area contributed by atoms with Crippen LogP contribution in [0, 0.1) is 0 Å². The third-order valence-corrected chi connectivity index (χ3v) is 5.96. The molecule has 0 radical (unpaired) electrons. The van der Waals surface area contributed by atoms with E-state index in [4.69, 9.17) is 5.73 Å². The maximum Gasteiger partial charge on any atom is 0.0462 e. The minimum atomic E-state index is 0.238. The van der Waals surface area contributed by atoms with E-state index in [0.29, 0.717) is 6.04 Å². The summed E-state index contributed by atoms with van der Waals surface area (Å²) in [5, 5.41) is 0.736. The maximum atomic E-state index is 6.16. The molecule has 4 heteroatoms. The van der Waals surface area contributed by atoms with Gasteiger partial charge in [-0.3, -0.25) is 4.90 Å². The average Bonchev–Trinajstić information content (AvgIpc) is 2.32. The number of likely N-dealkylation sites (tertiary alicyclic amines) is 1. The van der Waals surface area contributed by atoms with Gasteiger partial charge in [0.15, 0.2) is 0 Å². The Morgan fingerprint density at radius 3 is 2.76 bits per heavy atom. The number of likely N-dealkylation sites (N-methyl/N-ethyl adjacent to an activating group) is 1. The molecule has 2 saturated heterocycles. The van der Waals surface area contributed by atoms with E-state index in [1.54, 1.807) is 0 Å². The molecule has 3 nitrogen and oxygen atoms in total. The molecule has 0 aliphatic carbocycles. The van der Waals surface area contributed by atoms with E-state index in [2.05, 4.69) is 42.5 Å². The molecule has 2 aliphatic rings. The number of piperidine rings is 1. The Bertz CT molecular complexity index is 261. The number of thioether (sulfide) groups is 1. The molecule has 0 saturated carbocycles. The van der Waals surface area contributed by atoms with Crippen LogP contribution in [0.2, 0.25) is 0 Å². The van der Waals surface area contributed by atoms with Gasteiger partial charge in [0.2, 0.25) is 0 Å². The topological polar surface area (TPSA) is 32.5 Å². The van der Waals surface area contributed by atoms with E-state index in [-0.39, 0.29) is 5.54 Å². The predicted molar refractivity (Wildman–Crippen MR) is 76.6 cm³/mol. The first-order valence-corrected chi connectivity index (χ1v) is 7.91. The van der Waals surface area contributed by atoms with Crippen molar-refractivity contribution in [3.63, 3.8) is 0 Å². The fourth-order valence-corrected chi connectivity index (χ4v) is 4.56. The SMILES string of the molecule is CC1SCCN(C2(CN)CCCN(C)C2)C1C. The predicted octanol–water partition coefficient (Wildman–Crippen LogP) is 1.24. The Morgan fingerprint density at radius 2 is 2.12 bits per heavy atom. The third-order valence-electron chi connectivity index (χ3n) is 4.62. The normalized spacial score (nSPS) is 41.6. The number of nitrogens with two attached hydrogens (primary N) is 1. The molecule has 0 bridgehead atoms. The van der Waals surface area contributed by atoms with E-state index in [0.717, 1.165) is 18.3 Å². The van der Waals surface area contributed by atoms with Crippen LogP contribution in [0.3, 0.4) is 0 Å². The molecule has 0 spiro atoms. The van der Waals surface area contributed by atoms with Crippen LogP contribution in [0.4, 0.5) is 0 Å². The highest BCUT2D eigenvalue weighted by atomic mass is 32.2. The first-order chi connectivity index (χ1) is 8.09. The van der Waals surface area contributed by atoms with Crippen LogP contribution in [0.15, 0.2) is 0 Å². The highest BCUT2D eigenvalue weighted by Crippen LogP contribution is 2.34. The Kier molecular flexibility index (Phi) is 4.40. The molecule has 0 amide bonds. The van der Waals surface area contributed by atoms with Gasteiger partial charge in [0.25, 0.3) is 0 Å². The molecule has 0 aromatic heterocycles. The van der Waals surface area contributed by atoms with Crippen molar-refractivity contribution in [2.24, 2.45) is 5.73 Å². The Hall–Kier alpha value is 0.230. The maximum absolute atomic E-state index is 6.16. The first kappa shape index (κ1) is 13.7. The summed E-state index contributed by atoms with van der Waals surface area (Å²) in [5.74, 6) is 1.26. The lowest BCUT2D eigenvalue weighted by molar-refractivity contribution is 0.00203. The smallest absolute Gasteiger partial charge is 0.0462 e. The second kappa shape index (κ2) is 5.47. The van der Waals surface area contributed by atoms with Gasteiger partial charge >= 0.3 is 0 Å². The average molecular weight is 257 g/mol. The van der Waals surface area contributed by atoms with Crippen LogP contribution in [-0.2, 0) is 0 Å². The fourth-order valence-electron chi connectivity index (χ4n) is 3.46. The zero-order valence-electron chi connectivity index (χ0n) is 11.5. The molecule has 3 unspecified atom stereocenters. The summed E-state index contributed by atoms with van der Waals surface area (Å²) >= 11 is 2.11. The van der Waals surface area contributed by atoms with Crippen molar-refractivity contribution >= 4 is 11.8 Å². The fraction of sp³-hybridized carbons (Fsp3) is 1.00. The summed E-state index contributed by atoms with van der Waals surface area (Å²) in [4.78, 5) is 5.17. The van der Waals surface area contributed by atoms with Gasteiger partial charge in [-0.25, -0.2) is 0 Å². The van der Waals surface area contributed by atoms with Gasteiger partial charge in [0.1, 0.15) is 0 Å². The van der Waals surface area contributed by atoms with Crippen LogP contribution >= 0.6 is 11.8 Å². The molecule has 2 heterocycles. The highest BCUT2D eigenvalue weighted by Gasteiger charge is 2.43. The van der Waals surface area contributed by atoms with Gasteiger partial charge in [0, 0.05) is 42.2 Å². The van der Waals surface area contributed by atoms with E-state index < -0.39 is 0 Å². The van der Waals surface area contributed by atoms with Crippen LogP contribution in [-0.4, -0.2) is 65.6 Å². The number of hydrogen-bond acceptors (Lipinski definition) is 4. The molecule has 0 aromatic rings. The molecule has 0 aromatic carbocycles. The molecule has 3 atom stereocenters. The standard InChI is InChI=1S/C13H27N3S/c1-11-12(2)17-8-7-16(11)13(9-14)5-4-6-15(3)10-13/h11-12H,4-10,14H2,1-3H3. The van der Waals surface area contributed by atoms with Gasteiger partial charge in [-0.1, -0.05) is 6.92 Å². The first-order valence-electron chi connectivity index (χ1n) is 6.86. The lowest BCUT2D eigenvalue weighted by atomic mass is 9.85. The Balaban J connectivity index is 2.15. The van der Waals surface area contributed by atoms with Gasteiger partial charge in [-0.05, 0) is 33.4 Å². The molecular weight excluding hydrogens is 230 g/mol. The molecular formula is C13H27N3S. The largest absolute Gasteiger partial charge is 0.329 e. The second-order valence-electron chi connectivity index (χ2n) is 5.78. The Morgan fingerprint density at radius 1 is 1.35 bits per heavy atom. The minimum Gasteiger partial charge on any atom is -0.329 e. The monoisotopic (exact) mass is 257 g/mol. The number of nitrogens with zero attached hydrogens (tertiary/aromatic N) is 2. The molecule has 2 N–H and O–H groups in total. The summed E-state index contributed by atoms with van der Waals surface area (Å²) < 4.78 is 0. The van der Waals surface area contributed by atoms with Crippen molar-refractivity contribution in [2.45, 2.75) is 43.5 Å². The molecule has 2 fully saturated rings. The van der Waals surface area contributed by atoms with Crippen LogP contribution in [0.5, 0.6) is 0 Å². The van der Waals surface area contributed by atoms with Gasteiger partial charge in [-0.15, -0.1) is 0 Å². The van der Waals surface area contributed by atoms with Crippen molar-refractivity contribution in [1.82, 2.24) is 9.80 Å². The van der Waals surface area contributed by atoms with Crippen molar-refractivity contribution in [1.29, 1.82) is 0 Å². The summed E-state index contributed by atoms with van der Waals surface area (Å²) in [6, 6.07) is 0.656. The van der Waals surface area contributed by atoms with Gasteiger partial charge in [0.05, 0.1) is 0 Å². The Labute approximate surface area is 110 Å². The molecule has 2 aliphatic heterocycles. The summed E-state index contributed by atoms with van der Waals surface area (Å²) in [6.45, 7) is 9.13. The number of rotatable bonds is 2. The minimum absolute atomic E-state index is 0.238. The van der Waals surface area contributed by atoms with Crippen LogP contribution < -0.4 is 5.73 Å². The van der Waals surface area contributed by atoms with Crippen molar-refractivity contribution in [3.05, 3.63) is 0 Å². The molecule has 100 valence electrons. The second-order valence-corrected chi connectivity index (χ2v) is 7.26. The quantitative estimate of drug-likeness (QED) is 0.807. The number of hydrogen-bond donors (Lipinski definition) is 1. The summed E-state index contributed by atoms with van der Waals surface area (Å²) in [5.41, 5.74) is 6.40. The zero-order chi connectivity index (χ0) is 12.5. The van der Waals surface area contributed by atoms with Crippen molar-refractivity contribution in [3.8, 4) is 0 Å². The van der Waals surface area contributed by atoms with Crippen molar-refractivity contribution < 1.29 is 0 Å². The van der Waals surface area contributed by atoms with E-state index in [9.17, 15) is 0 Å². The van der Waals surface area contributed by atoms with Gasteiger partial charge < -0.3 is 10.6 Å². The van der Waals surface area contributed by atoms with Gasteiger partial charge in [-0.2, -0.15) is 11.8 Å². The third kappa shape index (κ3) is 2.65. The highest BCUT2D eigenvalue weighted by molar-refractivity contribution is 8.00. The van der Waals surface area contributed by atoms with Crippen molar-refractivity contribution in [2.75, 3.05) is 39.0 Å². The van der Waals surface area contributed by atoms with E-state index >= 15 is 0 Å². The summed E-state index contributed by atoms with van der Waals surface area (Å²) in [6.07, 6.45) is 2.56. The van der Waals surface area contributed by atoms with Crippen LogP contribution in [0.25, 0.3) is 0 Å². The molecule has 2 rings (SSSR count). The lowest BCUT2D eigenvalue weighted by Crippen LogP contribution is -2.66. The van der Waals surface area contributed by atoms with Crippen LogP contribution in [0.1, 0.15) is 26.7 Å². The van der Waals surface area contributed by atoms with E-state index in [1.165, 1.54) is 31.7 Å².